The van der Waals surface area contributed by atoms with Crippen molar-refractivity contribution in [1.82, 2.24) is 19.1 Å². The highest BCUT2D eigenvalue weighted by Crippen LogP contribution is 2.32. The molecule has 7 rings (SSSR count). The number of carbonyl (C=O) groups excluding carboxylic acids is 2. The van der Waals surface area contributed by atoms with Crippen LogP contribution in [0.5, 0.6) is 0 Å². The molecule has 0 saturated carbocycles. The maximum absolute atomic E-state index is 13.4. The maximum Gasteiger partial charge on any atom is 0.338 e. The molecule has 0 aliphatic carbocycles. The number of hydrogen-bond donors (Lipinski definition) is 0. The lowest BCUT2D eigenvalue weighted by atomic mass is 9.91. The van der Waals surface area contributed by atoms with Crippen LogP contribution >= 0.6 is 0 Å². The Morgan fingerprint density at radius 1 is 0.683 bits per heavy atom. The highest BCUT2D eigenvalue weighted by molar-refractivity contribution is 5.97. The van der Waals surface area contributed by atoms with Gasteiger partial charge in [-0.15, -0.1) is 0 Å². The van der Waals surface area contributed by atoms with Crippen molar-refractivity contribution in [3.8, 4) is 22.5 Å². The van der Waals surface area contributed by atoms with Crippen LogP contribution in [0.2, 0.25) is 0 Å². The summed E-state index contributed by atoms with van der Waals surface area (Å²) in [6.07, 6.45) is 8.50. The molecule has 0 aliphatic heterocycles. The van der Waals surface area contributed by atoms with Crippen LogP contribution in [0.4, 0.5) is 0 Å². The average Bonchev–Trinajstić information content (AvgIpc) is 3.80. The molecule has 2 aromatic heterocycles. The second-order valence-corrected chi connectivity index (χ2v) is 16.1. The van der Waals surface area contributed by atoms with Gasteiger partial charge >= 0.3 is 11.9 Å². The van der Waals surface area contributed by atoms with E-state index in [0.29, 0.717) is 36.8 Å². The summed E-state index contributed by atoms with van der Waals surface area (Å²) in [4.78, 5) is 36.4. The molecule has 1 atom stereocenters. The van der Waals surface area contributed by atoms with Crippen molar-refractivity contribution in [2.24, 2.45) is 7.05 Å². The fourth-order valence-corrected chi connectivity index (χ4v) is 8.27. The summed E-state index contributed by atoms with van der Waals surface area (Å²) in [6.45, 7) is 10.1. The van der Waals surface area contributed by atoms with E-state index in [2.05, 4.69) is 98.5 Å². The molecule has 0 fully saturated rings. The normalized spacial score (nSPS) is 11.9. The lowest BCUT2D eigenvalue weighted by molar-refractivity contribution is 0.0473. The van der Waals surface area contributed by atoms with E-state index in [1.54, 1.807) is 0 Å². The predicted molar refractivity (Wildman–Crippen MR) is 243 cm³/mol. The third-order valence-corrected chi connectivity index (χ3v) is 11.6. The van der Waals surface area contributed by atoms with Crippen molar-refractivity contribution < 1.29 is 19.1 Å². The molecule has 310 valence electrons. The summed E-state index contributed by atoms with van der Waals surface area (Å²) in [5.41, 5.74) is 11.7. The molecule has 0 bridgehead atoms. The lowest BCUT2D eigenvalue weighted by Gasteiger charge is -2.15. The van der Waals surface area contributed by atoms with Crippen molar-refractivity contribution in [2.45, 2.75) is 97.9 Å². The fourth-order valence-electron chi connectivity index (χ4n) is 8.27. The highest BCUT2D eigenvalue weighted by Gasteiger charge is 2.19. The van der Waals surface area contributed by atoms with Gasteiger partial charge in [0.2, 0.25) is 0 Å². The molecule has 0 spiro atoms. The smallest absolute Gasteiger partial charge is 0.338 e. The number of hydrogen-bond acceptors (Lipinski definition) is 6. The van der Waals surface area contributed by atoms with E-state index in [-0.39, 0.29) is 11.9 Å². The number of aromatic nitrogens is 4. The Morgan fingerprint density at radius 3 is 2.07 bits per heavy atom. The van der Waals surface area contributed by atoms with Gasteiger partial charge in [-0.05, 0) is 116 Å². The van der Waals surface area contributed by atoms with E-state index >= 15 is 0 Å². The molecule has 1 unspecified atom stereocenters. The number of para-hydroxylation sites is 2. The molecule has 0 saturated heterocycles. The fraction of sp³-hybridized carbons (Fsp3) is 0.346. The summed E-state index contributed by atoms with van der Waals surface area (Å²) < 4.78 is 15.9. The standard InChI is InChI=1S/C52H58N4O4/c1-6-8-20-36(3)41-21-11-13-23-43(41)51(57)59-31-17-9-10-18-32-60-52(58)44-24-14-12-22-42(44)39-29-27-38(28-30-39)35-56-47-34-40(33-37(4)49(47)54-48(56)19-7-2)50-53-45-25-15-16-26-46(45)55(50)5/h11-16,21-30,33-34,36H,6-10,17-20,31-32,35H2,1-5H3. The average molecular weight is 803 g/mol. The first-order valence-corrected chi connectivity index (χ1v) is 21.8. The monoisotopic (exact) mass is 802 g/mol. The second kappa shape index (κ2) is 19.8. The Bertz CT molecular complexity index is 2570. The Morgan fingerprint density at radius 2 is 1.35 bits per heavy atom. The summed E-state index contributed by atoms with van der Waals surface area (Å²) in [5, 5.41) is 0. The van der Waals surface area contributed by atoms with E-state index in [0.717, 1.165) is 125 Å². The third-order valence-electron chi connectivity index (χ3n) is 11.6. The maximum atomic E-state index is 13.4. The van der Waals surface area contributed by atoms with Crippen LogP contribution in [0, 0.1) is 6.92 Å². The van der Waals surface area contributed by atoms with Gasteiger partial charge < -0.3 is 18.6 Å². The van der Waals surface area contributed by atoms with Gasteiger partial charge in [-0.1, -0.05) is 106 Å². The lowest BCUT2D eigenvalue weighted by Crippen LogP contribution is -2.11. The summed E-state index contributed by atoms with van der Waals surface area (Å²) in [7, 11) is 2.07. The largest absolute Gasteiger partial charge is 0.462 e. The first kappa shape index (κ1) is 42.1. The Labute approximate surface area is 354 Å². The van der Waals surface area contributed by atoms with Gasteiger partial charge in [0, 0.05) is 25.6 Å². The van der Waals surface area contributed by atoms with Gasteiger partial charge in [0.05, 0.1) is 46.4 Å². The van der Waals surface area contributed by atoms with Crippen molar-refractivity contribution in [3.05, 3.63) is 143 Å². The number of esters is 2. The van der Waals surface area contributed by atoms with Gasteiger partial charge in [-0.25, -0.2) is 19.6 Å². The molecule has 0 N–H and O–H groups in total. The summed E-state index contributed by atoms with van der Waals surface area (Å²) in [5.74, 6) is 1.76. The zero-order valence-electron chi connectivity index (χ0n) is 35.9. The van der Waals surface area contributed by atoms with E-state index in [1.165, 1.54) is 0 Å². The number of nitrogens with zero attached hydrogens (tertiary/aromatic N) is 4. The first-order chi connectivity index (χ1) is 29.3. The van der Waals surface area contributed by atoms with Crippen LogP contribution < -0.4 is 0 Å². The van der Waals surface area contributed by atoms with Crippen LogP contribution in [0.3, 0.4) is 0 Å². The van der Waals surface area contributed by atoms with Gasteiger partial charge in [-0.2, -0.15) is 0 Å². The number of carbonyl (C=O) groups is 2. The Balaban J connectivity index is 0.947. The minimum absolute atomic E-state index is 0.247. The molecule has 7 aromatic rings. The van der Waals surface area contributed by atoms with Crippen molar-refractivity contribution in [1.29, 1.82) is 0 Å². The van der Waals surface area contributed by atoms with E-state index in [4.69, 9.17) is 19.4 Å². The summed E-state index contributed by atoms with van der Waals surface area (Å²) >= 11 is 0. The number of rotatable bonds is 19. The number of unbranched alkanes of at least 4 members (excludes halogenated alkanes) is 4. The number of benzene rings is 5. The first-order valence-electron chi connectivity index (χ1n) is 21.8. The van der Waals surface area contributed by atoms with Crippen LogP contribution in [0.25, 0.3) is 44.6 Å². The molecule has 0 amide bonds. The van der Waals surface area contributed by atoms with Crippen molar-refractivity contribution in [3.63, 3.8) is 0 Å². The number of ether oxygens (including phenoxy) is 2. The minimum Gasteiger partial charge on any atom is -0.462 e. The Kier molecular flexibility index (Phi) is 13.9. The SMILES string of the molecule is CCCCC(C)c1ccccc1C(=O)OCCCCCCOC(=O)c1ccccc1-c1ccc(Cn2c(CCC)nc3c(C)cc(-c4nc5ccccc5n4C)cc32)cc1. The van der Waals surface area contributed by atoms with Crippen LogP contribution in [-0.4, -0.2) is 44.3 Å². The molecular weight excluding hydrogens is 745 g/mol. The van der Waals surface area contributed by atoms with Crippen LogP contribution in [0.1, 0.15) is 121 Å². The minimum atomic E-state index is -0.323. The van der Waals surface area contributed by atoms with Gasteiger partial charge in [0.15, 0.2) is 0 Å². The van der Waals surface area contributed by atoms with Crippen molar-refractivity contribution >= 4 is 34.0 Å². The van der Waals surface area contributed by atoms with Gasteiger partial charge in [0.25, 0.3) is 0 Å². The predicted octanol–water partition coefficient (Wildman–Crippen LogP) is 12.4. The molecule has 0 radical (unpaired) electrons. The van der Waals surface area contributed by atoms with Crippen LogP contribution in [-0.2, 0) is 29.5 Å². The number of imidazole rings is 2. The number of aryl methyl sites for hydroxylation is 3. The van der Waals surface area contributed by atoms with Crippen LogP contribution in [0.15, 0.2) is 109 Å². The van der Waals surface area contributed by atoms with Gasteiger partial charge in [0.1, 0.15) is 11.6 Å². The summed E-state index contributed by atoms with van der Waals surface area (Å²) in [6, 6.07) is 36.6. The molecule has 8 nitrogen and oxygen atoms in total. The third kappa shape index (κ3) is 9.54. The van der Waals surface area contributed by atoms with E-state index < -0.39 is 0 Å². The van der Waals surface area contributed by atoms with E-state index in [9.17, 15) is 9.59 Å². The highest BCUT2D eigenvalue weighted by atomic mass is 16.5. The van der Waals surface area contributed by atoms with Gasteiger partial charge in [-0.3, -0.25) is 0 Å². The molecule has 0 aliphatic rings. The second-order valence-electron chi connectivity index (χ2n) is 16.1. The molecule has 8 heteroatoms. The molecule has 2 heterocycles. The molecule has 5 aromatic carbocycles. The van der Waals surface area contributed by atoms with Crippen molar-refractivity contribution in [2.75, 3.05) is 13.2 Å². The topological polar surface area (TPSA) is 88.2 Å². The number of fused-ring (bicyclic) bond motifs is 2. The molecule has 60 heavy (non-hydrogen) atoms. The quantitative estimate of drug-likeness (QED) is 0.0598. The van der Waals surface area contributed by atoms with E-state index in [1.807, 2.05) is 54.6 Å². The zero-order chi connectivity index (χ0) is 42.0. The molecular formula is C52H58N4O4. The Hall–Kier alpha value is -6.02. The zero-order valence-corrected chi connectivity index (χ0v) is 35.9.